The van der Waals surface area contributed by atoms with Gasteiger partial charge in [0, 0.05) is 83.2 Å². The number of benzene rings is 4. The van der Waals surface area contributed by atoms with E-state index >= 15 is 0 Å². The standard InChI is InChI=1S/C60H67N7O10S2/c1-34(68)14-13-21-78-79-60(5,6)20-19-53(69)63-36(3)56(70)64-37(4)57(71)65-42-23-38(32-76-51-29-47-45(27-50(51)74-7)58(72)66-43(30-61-47)25-40-15-9-11-17-48(40)66)22-39(24-42)33-77-55-35(2)54-46(28-52(55)75-8)59(73)67-44(31-62-54)26-41-16-10-12-18-49(41)67/h9-12,15-18,22-24,27-31,35-37,43-44,54H,13-14,19-21,25-26,32-33H2,1-8H3,(H,63,69)(H,64,70)(H,65,71)/t35?,36-,37-,43-,44-,54?/m0/s1. The largest absolute Gasteiger partial charge is 0.493 e. The average molecular weight is 1110 g/mol. The lowest BCUT2D eigenvalue weighted by atomic mass is 9.87. The van der Waals surface area contributed by atoms with E-state index in [0.29, 0.717) is 82.3 Å². The first kappa shape index (κ1) is 56.3. The summed E-state index contributed by atoms with van der Waals surface area (Å²) in [5, 5.41) is 8.45. The van der Waals surface area contributed by atoms with Crippen molar-refractivity contribution in [2.75, 3.05) is 35.1 Å². The van der Waals surface area contributed by atoms with Gasteiger partial charge in [-0.25, -0.2) is 0 Å². The number of ketones is 1. The number of nitrogens with one attached hydrogen (secondary N) is 3. The molecule has 19 heteroatoms. The Hall–Kier alpha value is -7.38. The predicted molar refractivity (Wildman–Crippen MR) is 310 cm³/mol. The highest BCUT2D eigenvalue weighted by Crippen LogP contribution is 2.43. The van der Waals surface area contributed by atoms with Gasteiger partial charge in [0.05, 0.1) is 43.6 Å². The van der Waals surface area contributed by atoms with Gasteiger partial charge in [0.1, 0.15) is 36.8 Å². The zero-order valence-corrected chi connectivity index (χ0v) is 47.4. The quantitative estimate of drug-likeness (QED) is 0.0498. The second-order valence-electron chi connectivity index (χ2n) is 21.1. The lowest BCUT2D eigenvalue weighted by Gasteiger charge is -2.31. The molecular formula is C60H67N7O10S2. The highest BCUT2D eigenvalue weighted by molar-refractivity contribution is 8.77. The Morgan fingerprint density at radius 3 is 2.09 bits per heavy atom. The SMILES string of the molecule is COC1=C(OCc2cc(COc3cc4c(cc3OC)C(=O)N3c5ccccc5C[C@H]3C=N4)cc(NC(=O)[C@H](C)NC(=O)[C@H](C)NC(=O)CCC(C)(C)SSCCCC(C)=O)c2)C(C)C2N=C[C@@H]3Cc4ccccc4N3C(=O)C2=C1. The van der Waals surface area contributed by atoms with E-state index in [2.05, 4.69) is 29.8 Å². The molecule has 0 aromatic heterocycles. The number of anilines is 3. The molecular weight excluding hydrogens is 1040 g/mol. The molecule has 4 aromatic carbocycles. The summed E-state index contributed by atoms with van der Waals surface area (Å²) < 4.78 is 24.6. The summed E-state index contributed by atoms with van der Waals surface area (Å²) in [6, 6.07) is 21.6. The fourth-order valence-electron chi connectivity index (χ4n) is 10.4. The maximum atomic E-state index is 14.3. The Bertz CT molecular complexity index is 3190. The molecule has 4 heterocycles. The number of ether oxygens (including phenoxy) is 4. The number of Topliss-reactive ketones (excluding diaryl/α,β-unsaturated/α-hetero) is 1. The highest BCUT2D eigenvalue weighted by Gasteiger charge is 2.44. The van der Waals surface area contributed by atoms with Crippen molar-refractivity contribution in [3.8, 4) is 11.5 Å². The normalized spacial score (nSPS) is 19.5. The maximum absolute atomic E-state index is 14.3. The molecule has 2 unspecified atom stereocenters. The Balaban J connectivity index is 0.909. The summed E-state index contributed by atoms with van der Waals surface area (Å²) in [6.07, 6.45) is 8.83. The zero-order valence-electron chi connectivity index (χ0n) is 45.8. The molecule has 0 radical (unpaired) electrons. The summed E-state index contributed by atoms with van der Waals surface area (Å²) >= 11 is 0. The van der Waals surface area contributed by atoms with Crippen molar-refractivity contribution in [3.05, 3.63) is 130 Å². The van der Waals surface area contributed by atoms with E-state index in [0.717, 1.165) is 34.7 Å². The maximum Gasteiger partial charge on any atom is 0.261 e. The molecule has 4 aromatic rings. The lowest BCUT2D eigenvalue weighted by molar-refractivity contribution is -0.130. The molecule has 0 saturated carbocycles. The molecule has 0 saturated heterocycles. The topological polar surface area (TPSA) is 207 Å². The Labute approximate surface area is 468 Å². The van der Waals surface area contributed by atoms with E-state index in [1.165, 1.54) is 14.2 Å². The predicted octanol–water partition coefficient (Wildman–Crippen LogP) is 9.18. The van der Waals surface area contributed by atoms with Gasteiger partial charge in [0.25, 0.3) is 11.8 Å². The molecule has 0 spiro atoms. The van der Waals surface area contributed by atoms with Gasteiger partial charge in [-0.2, -0.15) is 0 Å². The van der Waals surface area contributed by atoms with Gasteiger partial charge in [0.15, 0.2) is 17.3 Å². The van der Waals surface area contributed by atoms with Crippen molar-refractivity contribution in [3.63, 3.8) is 0 Å². The fourth-order valence-corrected chi connectivity index (χ4v) is 13.1. The van der Waals surface area contributed by atoms with E-state index in [1.807, 2.05) is 72.6 Å². The van der Waals surface area contributed by atoms with Crippen molar-refractivity contribution in [2.45, 2.75) is 128 Å². The van der Waals surface area contributed by atoms with Gasteiger partial charge in [0.2, 0.25) is 17.7 Å². The van der Waals surface area contributed by atoms with Crippen molar-refractivity contribution in [2.24, 2.45) is 15.9 Å². The van der Waals surface area contributed by atoms with E-state index in [-0.39, 0.29) is 65.9 Å². The molecule has 4 aliphatic heterocycles. The lowest BCUT2D eigenvalue weighted by Crippen LogP contribution is -2.50. The van der Waals surface area contributed by atoms with E-state index in [9.17, 15) is 28.8 Å². The first-order chi connectivity index (χ1) is 37.9. The van der Waals surface area contributed by atoms with Crippen LogP contribution in [0.3, 0.4) is 0 Å². The summed E-state index contributed by atoms with van der Waals surface area (Å²) in [7, 11) is 6.40. The van der Waals surface area contributed by atoms with Crippen LogP contribution in [-0.4, -0.2) is 103 Å². The molecule has 0 bridgehead atoms. The molecule has 0 fully saturated rings. The van der Waals surface area contributed by atoms with Crippen LogP contribution in [0.25, 0.3) is 0 Å². The third-order valence-corrected chi connectivity index (χ3v) is 18.0. The smallest absolute Gasteiger partial charge is 0.261 e. The summed E-state index contributed by atoms with van der Waals surface area (Å²) in [5.41, 5.74) is 6.86. The summed E-state index contributed by atoms with van der Waals surface area (Å²) in [4.78, 5) is 93.3. The van der Waals surface area contributed by atoms with E-state index in [1.54, 1.807) is 83.8 Å². The molecule has 5 aliphatic rings. The average Bonchev–Trinajstić information content (AvgIpc) is 4.16. The van der Waals surface area contributed by atoms with Crippen molar-refractivity contribution in [1.82, 2.24) is 10.6 Å². The summed E-state index contributed by atoms with van der Waals surface area (Å²) in [6.45, 7) is 10.8. The van der Waals surface area contributed by atoms with Crippen LogP contribution in [0.5, 0.6) is 11.5 Å². The number of rotatable bonds is 22. The second kappa shape index (κ2) is 24.3. The number of amides is 5. The van der Waals surface area contributed by atoms with Crippen LogP contribution in [0, 0.1) is 5.92 Å². The molecule has 17 nitrogen and oxygen atoms in total. The second-order valence-corrected chi connectivity index (χ2v) is 24.2. The van der Waals surface area contributed by atoms with Crippen molar-refractivity contribution < 1.29 is 47.7 Å². The van der Waals surface area contributed by atoms with Crippen LogP contribution in [0.4, 0.5) is 22.7 Å². The van der Waals surface area contributed by atoms with Gasteiger partial charge in [-0.15, -0.1) is 0 Å². The summed E-state index contributed by atoms with van der Waals surface area (Å²) in [5.74, 6) is 0.526. The molecule has 414 valence electrons. The number of para-hydroxylation sites is 2. The number of allylic oxidation sites excluding steroid dienone is 1. The van der Waals surface area contributed by atoms with Gasteiger partial charge >= 0.3 is 0 Å². The van der Waals surface area contributed by atoms with Gasteiger partial charge in [-0.1, -0.05) is 64.9 Å². The van der Waals surface area contributed by atoms with Crippen LogP contribution in [0.15, 0.2) is 112 Å². The minimum absolute atomic E-state index is 0.0119. The number of nitrogens with zero attached hydrogens (tertiary/aromatic N) is 4. The first-order valence-electron chi connectivity index (χ1n) is 26.6. The van der Waals surface area contributed by atoms with Crippen molar-refractivity contribution >= 4 is 92.1 Å². The van der Waals surface area contributed by atoms with E-state index < -0.39 is 29.9 Å². The van der Waals surface area contributed by atoms with Crippen LogP contribution in [0.2, 0.25) is 0 Å². The Kier molecular flexibility index (Phi) is 17.3. The van der Waals surface area contributed by atoms with Gasteiger partial charge in [-0.3, -0.25) is 43.8 Å². The number of methoxy groups -OCH3 is 2. The minimum atomic E-state index is -1.01. The minimum Gasteiger partial charge on any atom is -0.493 e. The molecule has 6 atom stereocenters. The third-order valence-electron chi connectivity index (χ3n) is 14.6. The van der Waals surface area contributed by atoms with Crippen molar-refractivity contribution in [1.29, 1.82) is 0 Å². The molecule has 79 heavy (non-hydrogen) atoms. The first-order valence-corrected chi connectivity index (χ1v) is 28.9. The highest BCUT2D eigenvalue weighted by atomic mass is 33.1. The number of carbonyl (C=O) groups excluding carboxylic acids is 6. The van der Waals surface area contributed by atoms with Gasteiger partial charge in [-0.05, 0) is 112 Å². The number of hydrogen-bond acceptors (Lipinski definition) is 14. The number of aliphatic imine (C=N–C) groups is 2. The number of carbonyl (C=O) groups is 6. The number of hydrogen-bond donors (Lipinski definition) is 3. The molecule has 3 N–H and O–H groups in total. The third kappa shape index (κ3) is 12.7. The van der Waals surface area contributed by atoms with Crippen LogP contribution >= 0.6 is 21.6 Å². The van der Waals surface area contributed by atoms with E-state index in [4.69, 9.17) is 28.9 Å². The van der Waals surface area contributed by atoms with Crippen LogP contribution in [-0.2, 0) is 59.5 Å². The Morgan fingerprint density at radius 1 is 0.772 bits per heavy atom. The Morgan fingerprint density at radius 2 is 1.42 bits per heavy atom. The zero-order chi connectivity index (χ0) is 56.1. The van der Waals surface area contributed by atoms with Crippen LogP contribution < -0.4 is 35.2 Å². The number of fused-ring (bicyclic) bond motifs is 8. The molecule has 5 amide bonds. The van der Waals surface area contributed by atoms with Gasteiger partial charge < -0.3 is 39.7 Å². The molecule has 9 rings (SSSR count). The monoisotopic (exact) mass is 1110 g/mol. The molecule has 1 aliphatic carbocycles. The fraction of sp³-hybridized carbons (Fsp3) is 0.400. The van der Waals surface area contributed by atoms with Crippen LogP contribution in [0.1, 0.15) is 99.8 Å².